The van der Waals surface area contributed by atoms with Crippen LogP contribution in [-0.4, -0.2) is 20.1 Å². The van der Waals surface area contributed by atoms with Crippen LogP contribution < -0.4 is 0 Å². The number of hydrogen-bond donors (Lipinski definition) is 0. The van der Waals surface area contributed by atoms with Crippen molar-refractivity contribution in [2.75, 3.05) is 0 Å². The second kappa shape index (κ2) is 3.93. The van der Waals surface area contributed by atoms with Crippen LogP contribution in [0.5, 0.6) is 0 Å². The molecule has 1 unspecified atom stereocenters. The molecule has 15 heavy (non-hydrogen) atoms. The molecule has 0 N–H and O–H groups in total. The molecule has 3 heteroatoms. The SMILES string of the molecule is C[Si](C)(C)C1C(=O)O[C@@H]1C1CCCCC1. The van der Waals surface area contributed by atoms with E-state index < -0.39 is 8.07 Å². The van der Waals surface area contributed by atoms with Gasteiger partial charge in [0.05, 0.1) is 13.6 Å². The third-order valence-electron chi connectivity index (χ3n) is 3.88. The second-order valence-corrected chi connectivity index (χ2v) is 11.5. The van der Waals surface area contributed by atoms with Crippen molar-refractivity contribution in [1.29, 1.82) is 0 Å². The third-order valence-corrected chi connectivity index (χ3v) is 6.31. The molecule has 0 radical (unpaired) electrons. The first-order chi connectivity index (χ1) is 7.00. The number of esters is 1. The average molecular weight is 226 g/mol. The molecule has 0 spiro atoms. The molecule has 0 aromatic carbocycles. The van der Waals surface area contributed by atoms with Crippen molar-refractivity contribution in [2.24, 2.45) is 5.92 Å². The predicted molar refractivity (Wildman–Crippen MR) is 63.6 cm³/mol. The molecule has 1 aliphatic heterocycles. The van der Waals surface area contributed by atoms with E-state index in [4.69, 9.17) is 4.74 Å². The van der Waals surface area contributed by atoms with Gasteiger partial charge in [-0.25, -0.2) is 0 Å². The molecule has 1 aliphatic carbocycles. The van der Waals surface area contributed by atoms with Crippen molar-refractivity contribution in [3.63, 3.8) is 0 Å². The van der Waals surface area contributed by atoms with Crippen LogP contribution in [0.4, 0.5) is 0 Å². The summed E-state index contributed by atoms with van der Waals surface area (Å²) in [4.78, 5) is 11.5. The maximum atomic E-state index is 11.5. The first-order valence-corrected chi connectivity index (χ1v) is 9.78. The summed E-state index contributed by atoms with van der Waals surface area (Å²) in [5.41, 5.74) is 0.278. The van der Waals surface area contributed by atoms with Gasteiger partial charge in [0.2, 0.25) is 0 Å². The summed E-state index contributed by atoms with van der Waals surface area (Å²) >= 11 is 0. The Morgan fingerprint density at radius 1 is 1.13 bits per heavy atom. The summed E-state index contributed by atoms with van der Waals surface area (Å²) < 4.78 is 5.41. The highest BCUT2D eigenvalue weighted by atomic mass is 28.3. The minimum absolute atomic E-state index is 0.0877. The Labute approximate surface area is 93.4 Å². The number of cyclic esters (lactones) is 1. The summed E-state index contributed by atoms with van der Waals surface area (Å²) in [5, 5.41) is 0. The van der Waals surface area contributed by atoms with Crippen molar-refractivity contribution >= 4 is 14.0 Å². The molecular weight excluding hydrogens is 204 g/mol. The molecule has 2 nitrogen and oxygen atoms in total. The molecule has 2 rings (SSSR count). The number of ether oxygens (including phenoxy) is 1. The Morgan fingerprint density at radius 3 is 2.20 bits per heavy atom. The molecular formula is C12H22O2Si. The van der Waals surface area contributed by atoms with E-state index in [0.717, 1.165) is 0 Å². The Balaban J connectivity index is 2.01. The summed E-state index contributed by atoms with van der Waals surface area (Å²) in [6.45, 7) is 6.86. The van der Waals surface area contributed by atoms with Gasteiger partial charge in [-0.1, -0.05) is 38.9 Å². The van der Waals surface area contributed by atoms with E-state index >= 15 is 0 Å². The van der Waals surface area contributed by atoms with Crippen LogP contribution in [0.25, 0.3) is 0 Å². The topological polar surface area (TPSA) is 26.3 Å². The quantitative estimate of drug-likeness (QED) is 0.534. The summed E-state index contributed by atoms with van der Waals surface area (Å²) in [6.07, 6.45) is 6.87. The fourth-order valence-corrected chi connectivity index (χ4v) is 5.12. The van der Waals surface area contributed by atoms with Crippen LogP contribution in [0.2, 0.25) is 25.2 Å². The maximum absolute atomic E-state index is 11.5. The lowest BCUT2D eigenvalue weighted by molar-refractivity contribution is -0.176. The first-order valence-electron chi connectivity index (χ1n) is 6.20. The number of rotatable bonds is 2. The fourth-order valence-electron chi connectivity index (χ4n) is 3.01. The van der Waals surface area contributed by atoms with Crippen molar-refractivity contribution in [3.8, 4) is 0 Å². The lowest BCUT2D eigenvalue weighted by atomic mass is 9.82. The molecule has 2 aliphatic rings. The monoisotopic (exact) mass is 226 g/mol. The minimum atomic E-state index is -1.36. The molecule has 1 saturated carbocycles. The molecule has 1 saturated heterocycles. The van der Waals surface area contributed by atoms with Gasteiger partial charge >= 0.3 is 5.97 Å². The Morgan fingerprint density at radius 2 is 1.73 bits per heavy atom. The lowest BCUT2D eigenvalue weighted by Crippen LogP contribution is -2.55. The fraction of sp³-hybridized carbons (Fsp3) is 0.917. The zero-order valence-electron chi connectivity index (χ0n) is 10.1. The minimum Gasteiger partial charge on any atom is -0.461 e. The van der Waals surface area contributed by atoms with Crippen molar-refractivity contribution in [2.45, 2.75) is 63.4 Å². The molecule has 86 valence electrons. The van der Waals surface area contributed by atoms with E-state index in [1.165, 1.54) is 32.1 Å². The highest BCUT2D eigenvalue weighted by molar-refractivity contribution is 6.81. The van der Waals surface area contributed by atoms with Crippen molar-refractivity contribution < 1.29 is 9.53 Å². The van der Waals surface area contributed by atoms with Gasteiger partial charge in [0.15, 0.2) is 0 Å². The van der Waals surface area contributed by atoms with Gasteiger partial charge in [-0.2, -0.15) is 0 Å². The zero-order chi connectivity index (χ0) is 11.1. The summed E-state index contributed by atoms with van der Waals surface area (Å²) in [6, 6.07) is 0. The van der Waals surface area contributed by atoms with Crippen LogP contribution in [0, 0.1) is 5.92 Å². The van der Waals surface area contributed by atoms with Gasteiger partial charge in [-0.15, -0.1) is 0 Å². The van der Waals surface area contributed by atoms with E-state index in [9.17, 15) is 4.79 Å². The molecule has 1 heterocycles. The van der Waals surface area contributed by atoms with E-state index in [-0.39, 0.29) is 17.6 Å². The van der Waals surface area contributed by atoms with E-state index in [0.29, 0.717) is 5.92 Å². The molecule has 0 bridgehead atoms. The Kier molecular flexibility index (Phi) is 2.93. The van der Waals surface area contributed by atoms with E-state index in [1.807, 2.05) is 0 Å². The smallest absolute Gasteiger partial charge is 0.310 e. The van der Waals surface area contributed by atoms with Gasteiger partial charge < -0.3 is 4.74 Å². The Bertz CT molecular complexity index is 251. The largest absolute Gasteiger partial charge is 0.461 e. The first kappa shape index (κ1) is 11.2. The molecule has 2 fully saturated rings. The number of carbonyl (C=O) groups is 1. The molecule has 0 aromatic rings. The summed E-state index contributed by atoms with van der Waals surface area (Å²) in [5.74, 6) is 0.762. The van der Waals surface area contributed by atoms with Gasteiger partial charge in [0.1, 0.15) is 6.10 Å². The van der Waals surface area contributed by atoms with E-state index in [1.54, 1.807) is 0 Å². The highest BCUT2D eigenvalue weighted by Crippen LogP contribution is 2.45. The normalized spacial score (nSPS) is 33.4. The lowest BCUT2D eigenvalue weighted by Gasteiger charge is -2.46. The van der Waals surface area contributed by atoms with Gasteiger partial charge in [0.25, 0.3) is 0 Å². The second-order valence-electron chi connectivity index (χ2n) is 6.14. The van der Waals surface area contributed by atoms with Gasteiger partial charge in [-0.3, -0.25) is 4.79 Å². The summed E-state index contributed by atoms with van der Waals surface area (Å²) in [7, 11) is -1.36. The standard InChI is InChI=1S/C12H22O2Si/c1-15(2,3)11-10(14-12(11)13)9-7-5-4-6-8-9/h9-11H,4-8H2,1-3H3/t10-,11?/m1/s1. The van der Waals surface area contributed by atoms with Gasteiger partial charge in [-0.05, 0) is 18.8 Å². The Hall–Kier alpha value is -0.313. The van der Waals surface area contributed by atoms with Crippen LogP contribution in [0.1, 0.15) is 32.1 Å². The zero-order valence-corrected chi connectivity index (χ0v) is 11.1. The maximum Gasteiger partial charge on any atom is 0.310 e. The van der Waals surface area contributed by atoms with Crippen LogP contribution in [0.15, 0.2) is 0 Å². The van der Waals surface area contributed by atoms with Gasteiger partial charge in [0, 0.05) is 0 Å². The average Bonchev–Trinajstić information content (AvgIpc) is 2.12. The number of hydrogen-bond acceptors (Lipinski definition) is 2. The third kappa shape index (κ3) is 2.12. The van der Waals surface area contributed by atoms with Crippen LogP contribution in [-0.2, 0) is 9.53 Å². The van der Waals surface area contributed by atoms with Crippen LogP contribution in [0.3, 0.4) is 0 Å². The predicted octanol–water partition coefficient (Wildman–Crippen LogP) is 3.20. The molecule has 0 amide bonds. The van der Waals surface area contributed by atoms with Crippen LogP contribution >= 0.6 is 0 Å². The highest BCUT2D eigenvalue weighted by Gasteiger charge is 2.53. The van der Waals surface area contributed by atoms with E-state index in [2.05, 4.69) is 19.6 Å². The van der Waals surface area contributed by atoms with Crippen molar-refractivity contribution in [3.05, 3.63) is 0 Å². The van der Waals surface area contributed by atoms with Crippen molar-refractivity contribution in [1.82, 2.24) is 0 Å². The molecule has 2 atom stereocenters. The number of carbonyl (C=O) groups excluding carboxylic acids is 1. The molecule has 0 aromatic heterocycles.